The van der Waals surface area contributed by atoms with E-state index in [4.69, 9.17) is 16.3 Å². The van der Waals surface area contributed by atoms with Gasteiger partial charge in [0.1, 0.15) is 17.4 Å². The van der Waals surface area contributed by atoms with Gasteiger partial charge in [0.05, 0.1) is 5.69 Å². The van der Waals surface area contributed by atoms with Crippen LogP contribution in [0.25, 0.3) is 11.4 Å². The molecule has 142 valence electrons. The van der Waals surface area contributed by atoms with Gasteiger partial charge >= 0.3 is 0 Å². The summed E-state index contributed by atoms with van der Waals surface area (Å²) in [6.45, 7) is 0.434. The topological polar surface area (TPSA) is 63.7 Å². The van der Waals surface area contributed by atoms with Crippen molar-refractivity contribution in [1.29, 1.82) is 0 Å². The lowest BCUT2D eigenvalue weighted by Gasteiger charge is -2.03. The van der Waals surface area contributed by atoms with E-state index < -0.39 is 0 Å². The van der Waals surface area contributed by atoms with Gasteiger partial charge in [0.2, 0.25) is 5.16 Å². The molecule has 5 nitrogen and oxygen atoms in total. The first-order chi connectivity index (χ1) is 13.7. The average molecular weight is 494 g/mol. The smallest absolute Gasteiger partial charge is 0.209 e. The Hall–Kier alpha value is -1.87. The molecular weight excluding hydrogens is 480 g/mol. The van der Waals surface area contributed by atoms with Crippen LogP contribution in [0.2, 0.25) is 5.02 Å². The van der Waals surface area contributed by atoms with Gasteiger partial charge in [0, 0.05) is 26.2 Å². The van der Waals surface area contributed by atoms with Crippen LogP contribution in [0.5, 0.6) is 5.75 Å². The second-order valence-corrected chi connectivity index (χ2v) is 8.89. The van der Waals surface area contributed by atoms with Crippen LogP contribution >= 0.6 is 50.6 Å². The number of hydrogen-bond donors (Lipinski definition) is 1. The van der Waals surface area contributed by atoms with E-state index in [-0.39, 0.29) is 0 Å². The van der Waals surface area contributed by atoms with E-state index >= 15 is 0 Å². The average Bonchev–Trinajstić information content (AvgIpc) is 3.36. The third-order valence-corrected chi connectivity index (χ3v) is 6.41. The second kappa shape index (κ2) is 9.09. The summed E-state index contributed by atoms with van der Waals surface area (Å²) in [6, 6.07) is 15.2. The number of hydrogen-bond acceptors (Lipinski definition) is 6. The summed E-state index contributed by atoms with van der Waals surface area (Å²) in [5, 5.41) is 11.6. The predicted octanol–water partition coefficient (Wildman–Crippen LogP) is 6.22. The lowest BCUT2D eigenvalue weighted by molar-refractivity contribution is 0.305. The van der Waals surface area contributed by atoms with Crippen molar-refractivity contribution in [3.05, 3.63) is 74.1 Å². The van der Waals surface area contributed by atoms with Crippen molar-refractivity contribution in [2.75, 3.05) is 0 Å². The standard InChI is InChI=1S/C19H14BrClN4OS2/c20-16-4-2-1-3-15(16)18-23-19(25-24-18)28-11-13-10-27-17(22-13)9-26-14-7-5-12(21)6-8-14/h1-8,10H,9,11H2,(H,23,24,25). The summed E-state index contributed by atoms with van der Waals surface area (Å²) in [5.74, 6) is 2.21. The van der Waals surface area contributed by atoms with Crippen LogP contribution < -0.4 is 4.74 Å². The number of thiazole rings is 1. The number of halogens is 2. The molecule has 2 aromatic heterocycles. The van der Waals surface area contributed by atoms with Gasteiger partial charge in [-0.25, -0.2) is 9.97 Å². The van der Waals surface area contributed by atoms with Gasteiger partial charge in [-0.2, -0.15) is 0 Å². The Balaban J connectivity index is 1.32. The predicted molar refractivity (Wildman–Crippen MR) is 117 cm³/mol. The SMILES string of the molecule is Clc1ccc(OCc2nc(CSc3n[nH]c(-c4ccccc4Br)n3)cs2)cc1. The zero-order valence-corrected chi connectivity index (χ0v) is 18.4. The number of nitrogens with one attached hydrogen (secondary N) is 1. The number of aromatic amines is 1. The number of nitrogens with zero attached hydrogens (tertiary/aromatic N) is 3. The minimum atomic E-state index is 0.434. The molecule has 1 N–H and O–H groups in total. The summed E-state index contributed by atoms with van der Waals surface area (Å²) < 4.78 is 6.71. The Morgan fingerprint density at radius 3 is 2.75 bits per heavy atom. The summed E-state index contributed by atoms with van der Waals surface area (Å²) in [4.78, 5) is 9.16. The van der Waals surface area contributed by atoms with Gasteiger partial charge in [-0.1, -0.05) is 57.5 Å². The molecule has 0 radical (unpaired) electrons. The van der Waals surface area contributed by atoms with Crippen molar-refractivity contribution in [3.8, 4) is 17.1 Å². The molecular formula is C19H14BrClN4OS2. The molecule has 0 unspecified atom stereocenters. The number of aromatic nitrogens is 4. The summed E-state index contributed by atoms with van der Waals surface area (Å²) in [7, 11) is 0. The first kappa shape index (κ1) is 19.4. The quantitative estimate of drug-likeness (QED) is 0.310. The summed E-state index contributed by atoms with van der Waals surface area (Å²) in [5.41, 5.74) is 1.97. The van der Waals surface area contributed by atoms with E-state index in [9.17, 15) is 0 Å². The number of ether oxygens (including phenoxy) is 1. The third-order valence-electron chi connectivity index (χ3n) is 3.72. The molecule has 28 heavy (non-hydrogen) atoms. The van der Waals surface area contributed by atoms with E-state index in [1.165, 1.54) is 0 Å². The molecule has 0 amide bonds. The maximum Gasteiger partial charge on any atom is 0.209 e. The first-order valence-electron chi connectivity index (χ1n) is 8.29. The fourth-order valence-electron chi connectivity index (χ4n) is 2.38. The molecule has 0 fully saturated rings. The van der Waals surface area contributed by atoms with E-state index in [0.717, 1.165) is 32.3 Å². The highest BCUT2D eigenvalue weighted by atomic mass is 79.9. The van der Waals surface area contributed by atoms with Crippen LogP contribution in [0.15, 0.2) is 63.5 Å². The van der Waals surface area contributed by atoms with Gasteiger partial charge in [0.25, 0.3) is 0 Å². The van der Waals surface area contributed by atoms with Crippen molar-refractivity contribution >= 4 is 50.6 Å². The van der Waals surface area contributed by atoms with Crippen molar-refractivity contribution < 1.29 is 4.74 Å². The van der Waals surface area contributed by atoms with Crippen LogP contribution in [0.3, 0.4) is 0 Å². The van der Waals surface area contributed by atoms with E-state index in [1.807, 2.05) is 41.8 Å². The van der Waals surface area contributed by atoms with Crippen LogP contribution in [-0.2, 0) is 12.4 Å². The molecule has 4 rings (SSSR count). The molecule has 0 saturated heterocycles. The van der Waals surface area contributed by atoms with Crippen molar-refractivity contribution in [2.45, 2.75) is 17.5 Å². The fourth-order valence-corrected chi connectivity index (χ4v) is 4.48. The van der Waals surface area contributed by atoms with Crippen LogP contribution in [0, 0.1) is 0 Å². The molecule has 2 heterocycles. The summed E-state index contributed by atoms with van der Waals surface area (Å²) >= 11 is 12.5. The molecule has 0 atom stereocenters. The molecule has 0 aliphatic heterocycles. The lowest BCUT2D eigenvalue weighted by atomic mass is 10.2. The van der Waals surface area contributed by atoms with Crippen molar-refractivity contribution in [1.82, 2.24) is 20.2 Å². The van der Waals surface area contributed by atoms with Gasteiger partial charge in [-0.15, -0.1) is 16.4 Å². The number of benzene rings is 2. The number of thioether (sulfide) groups is 1. The molecule has 0 aliphatic carbocycles. The zero-order valence-electron chi connectivity index (χ0n) is 14.4. The van der Waals surface area contributed by atoms with Crippen LogP contribution in [-0.4, -0.2) is 20.2 Å². The first-order valence-corrected chi connectivity index (χ1v) is 11.3. The highest BCUT2D eigenvalue weighted by molar-refractivity contribution is 9.10. The maximum absolute atomic E-state index is 5.88. The Morgan fingerprint density at radius 2 is 1.93 bits per heavy atom. The zero-order chi connectivity index (χ0) is 19.3. The van der Waals surface area contributed by atoms with Gasteiger partial charge in [0.15, 0.2) is 5.82 Å². The molecule has 0 saturated carbocycles. The number of H-pyrrole nitrogens is 1. The van der Waals surface area contributed by atoms with Crippen LogP contribution in [0.1, 0.15) is 10.7 Å². The molecule has 0 bridgehead atoms. The Kier molecular flexibility index (Phi) is 6.31. The van der Waals surface area contributed by atoms with Gasteiger partial charge in [-0.05, 0) is 30.3 Å². The van der Waals surface area contributed by atoms with E-state index in [2.05, 4.69) is 36.1 Å². The number of rotatable bonds is 7. The largest absolute Gasteiger partial charge is 0.486 e. The van der Waals surface area contributed by atoms with E-state index in [0.29, 0.717) is 22.5 Å². The minimum Gasteiger partial charge on any atom is -0.486 e. The van der Waals surface area contributed by atoms with Gasteiger partial charge in [-0.3, -0.25) is 5.10 Å². The molecule has 2 aromatic carbocycles. The molecule has 4 aromatic rings. The summed E-state index contributed by atoms with van der Waals surface area (Å²) in [6.07, 6.45) is 0. The maximum atomic E-state index is 5.88. The second-order valence-electron chi connectivity index (χ2n) is 5.71. The fraction of sp³-hybridized carbons (Fsp3) is 0.105. The molecule has 0 spiro atoms. The van der Waals surface area contributed by atoms with Crippen LogP contribution in [0.4, 0.5) is 0 Å². The Morgan fingerprint density at radius 1 is 1.11 bits per heavy atom. The van der Waals surface area contributed by atoms with Crippen molar-refractivity contribution in [3.63, 3.8) is 0 Å². The Bertz CT molecular complexity index is 1070. The highest BCUT2D eigenvalue weighted by Crippen LogP contribution is 2.27. The molecule has 0 aliphatic rings. The lowest BCUT2D eigenvalue weighted by Crippen LogP contribution is -1.95. The molecule has 9 heteroatoms. The Labute approximate surface area is 183 Å². The third kappa shape index (κ3) is 4.94. The van der Waals surface area contributed by atoms with Crippen molar-refractivity contribution in [2.24, 2.45) is 0 Å². The normalized spacial score (nSPS) is 10.9. The highest BCUT2D eigenvalue weighted by Gasteiger charge is 2.10. The van der Waals surface area contributed by atoms with Gasteiger partial charge < -0.3 is 4.74 Å². The van der Waals surface area contributed by atoms with E-state index in [1.54, 1.807) is 35.2 Å². The monoisotopic (exact) mass is 492 g/mol. The minimum absolute atomic E-state index is 0.434.